The van der Waals surface area contributed by atoms with Crippen molar-refractivity contribution in [2.24, 2.45) is 10.4 Å². The average molecular weight is 315 g/mol. The molecule has 1 aliphatic rings. The third-order valence-corrected chi connectivity index (χ3v) is 4.91. The lowest BCUT2D eigenvalue weighted by atomic mass is 9.87. The first-order valence-electron chi connectivity index (χ1n) is 7.43. The number of para-hydroxylation sites is 1. The van der Waals surface area contributed by atoms with Gasteiger partial charge in [0.05, 0.1) is 18.9 Å². The Hall–Kier alpha value is -1.49. The van der Waals surface area contributed by atoms with Crippen molar-refractivity contribution in [1.82, 2.24) is 0 Å². The van der Waals surface area contributed by atoms with Crippen molar-refractivity contribution < 1.29 is 9.47 Å². The first kappa shape index (κ1) is 15.4. The molecular formula is C18H21NO2S. The van der Waals surface area contributed by atoms with Gasteiger partial charge in [0.2, 0.25) is 0 Å². The lowest BCUT2D eigenvalue weighted by Gasteiger charge is -2.26. The van der Waals surface area contributed by atoms with Crippen molar-refractivity contribution in [3.63, 3.8) is 0 Å². The first-order valence-corrected chi connectivity index (χ1v) is 8.31. The summed E-state index contributed by atoms with van der Waals surface area (Å²) in [6.45, 7) is 1.46. The molecule has 0 bridgehead atoms. The van der Waals surface area contributed by atoms with Crippen molar-refractivity contribution in [3.05, 3.63) is 57.6 Å². The van der Waals surface area contributed by atoms with Crippen LogP contribution >= 0.6 is 11.3 Å². The molecule has 116 valence electrons. The van der Waals surface area contributed by atoms with Crippen LogP contribution in [0, 0.1) is 5.41 Å². The highest BCUT2D eigenvalue weighted by Crippen LogP contribution is 2.37. The van der Waals surface area contributed by atoms with Gasteiger partial charge in [-0.05, 0) is 47.5 Å². The maximum Gasteiger partial charge on any atom is 0.116 e. The van der Waals surface area contributed by atoms with Gasteiger partial charge in [0, 0.05) is 19.6 Å². The van der Waals surface area contributed by atoms with Crippen LogP contribution in [0.25, 0.3) is 0 Å². The summed E-state index contributed by atoms with van der Waals surface area (Å²) >= 11 is 1.70. The Kier molecular flexibility index (Phi) is 4.71. The topological polar surface area (TPSA) is 30.8 Å². The molecule has 3 nitrogen and oxygen atoms in total. The molecule has 1 heterocycles. The van der Waals surface area contributed by atoms with Crippen LogP contribution in [0.4, 0.5) is 5.69 Å². The van der Waals surface area contributed by atoms with E-state index < -0.39 is 0 Å². The van der Waals surface area contributed by atoms with E-state index in [1.165, 1.54) is 11.1 Å². The number of rotatable bonds is 5. The monoisotopic (exact) mass is 315 g/mol. The lowest BCUT2D eigenvalue weighted by molar-refractivity contribution is 0.0168. The van der Waals surface area contributed by atoms with Crippen molar-refractivity contribution in [2.45, 2.75) is 12.8 Å². The van der Waals surface area contributed by atoms with E-state index in [0.717, 1.165) is 36.4 Å². The van der Waals surface area contributed by atoms with Gasteiger partial charge in [0.1, 0.15) is 4.67 Å². The Labute approximate surface area is 135 Å². The SMILES string of the molecule is COCC1(COC)Cc2csc(=Nc3ccccc3)cc2C1. The molecule has 0 atom stereocenters. The van der Waals surface area contributed by atoms with E-state index in [1.807, 2.05) is 30.3 Å². The van der Waals surface area contributed by atoms with E-state index >= 15 is 0 Å². The van der Waals surface area contributed by atoms with E-state index in [-0.39, 0.29) is 5.41 Å². The number of fused-ring (bicyclic) bond motifs is 1. The summed E-state index contributed by atoms with van der Waals surface area (Å²) < 4.78 is 11.9. The van der Waals surface area contributed by atoms with Gasteiger partial charge in [-0.3, -0.25) is 0 Å². The smallest absolute Gasteiger partial charge is 0.116 e. The van der Waals surface area contributed by atoms with Crippen LogP contribution in [-0.4, -0.2) is 27.4 Å². The molecule has 0 radical (unpaired) electrons. The summed E-state index contributed by atoms with van der Waals surface area (Å²) in [5.41, 5.74) is 3.86. The minimum Gasteiger partial charge on any atom is -0.384 e. The molecule has 1 aromatic carbocycles. The molecule has 0 amide bonds. The molecular weight excluding hydrogens is 294 g/mol. The van der Waals surface area contributed by atoms with Crippen molar-refractivity contribution in [3.8, 4) is 0 Å². The summed E-state index contributed by atoms with van der Waals surface area (Å²) in [7, 11) is 3.53. The van der Waals surface area contributed by atoms with Gasteiger partial charge in [-0.1, -0.05) is 18.2 Å². The molecule has 0 unspecified atom stereocenters. The fourth-order valence-electron chi connectivity index (χ4n) is 3.22. The third kappa shape index (κ3) is 3.29. The quantitative estimate of drug-likeness (QED) is 0.847. The third-order valence-electron chi connectivity index (χ3n) is 4.06. The number of hydrogen-bond acceptors (Lipinski definition) is 4. The van der Waals surface area contributed by atoms with Crippen LogP contribution in [0.1, 0.15) is 11.1 Å². The number of nitrogens with zero attached hydrogens (tertiary/aromatic N) is 1. The summed E-state index contributed by atoms with van der Waals surface area (Å²) in [5.74, 6) is 0. The molecule has 0 spiro atoms. The second-order valence-corrected chi connectivity index (χ2v) is 6.83. The summed E-state index contributed by atoms with van der Waals surface area (Å²) in [6.07, 6.45) is 2.01. The highest BCUT2D eigenvalue weighted by Gasteiger charge is 2.37. The maximum absolute atomic E-state index is 5.44. The predicted molar refractivity (Wildman–Crippen MR) is 89.6 cm³/mol. The maximum atomic E-state index is 5.44. The lowest BCUT2D eigenvalue weighted by Crippen LogP contribution is -2.32. The highest BCUT2D eigenvalue weighted by atomic mass is 32.1. The number of ether oxygens (including phenoxy) is 2. The molecule has 4 heteroatoms. The zero-order valence-electron chi connectivity index (χ0n) is 13.0. The molecule has 1 aromatic heterocycles. The standard InChI is InChI=1S/C18H21NO2S/c1-20-12-18(13-21-2)9-14-8-17(22-11-15(14)10-18)19-16-6-4-3-5-7-16/h3-8,11H,9-10,12-13H2,1-2H3. The average Bonchev–Trinajstić information content (AvgIpc) is 2.86. The van der Waals surface area contributed by atoms with Gasteiger partial charge < -0.3 is 9.47 Å². The Morgan fingerprint density at radius 1 is 1.05 bits per heavy atom. The van der Waals surface area contributed by atoms with Crippen LogP contribution in [-0.2, 0) is 22.3 Å². The Morgan fingerprint density at radius 3 is 2.41 bits per heavy atom. The van der Waals surface area contributed by atoms with E-state index in [0.29, 0.717) is 0 Å². The van der Waals surface area contributed by atoms with Gasteiger partial charge in [-0.15, -0.1) is 11.3 Å². The van der Waals surface area contributed by atoms with Crippen molar-refractivity contribution in [1.29, 1.82) is 0 Å². The zero-order chi connectivity index (χ0) is 15.4. The molecule has 0 aliphatic heterocycles. The second kappa shape index (κ2) is 6.73. The fourth-order valence-corrected chi connectivity index (χ4v) is 4.09. The Bertz CT molecular complexity index is 688. The molecule has 0 N–H and O–H groups in total. The number of hydrogen-bond donors (Lipinski definition) is 0. The van der Waals surface area contributed by atoms with Gasteiger partial charge in [-0.25, -0.2) is 4.99 Å². The second-order valence-electron chi connectivity index (χ2n) is 5.94. The predicted octanol–water partition coefficient (Wildman–Crippen LogP) is 3.36. The van der Waals surface area contributed by atoms with Gasteiger partial charge >= 0.3 is 0 Å². The van der Waals surface area contributed by atoms with E-state index in [4.69, 9.17) is 14.5 Å². The molecule has 0 fully saturated rings. The van der Waals surface area contributed by atoms with E-state index in [2.05, 4.69) is 11.4 Å². The fraction of sp³-hybridized carbons (Fsp3) is 0.389. The van der Waals surface area contributed by atoms with Crippen LogP contribution in [0.2, 0.25) is 0 Å². The summed E-state index contributed by atoms with van der Waals surface area (Å²) in [5, 5.41) is 2.24. The molecule has 1 aliphatic carbocycles. The van der Waals surface area contributed by atoms with E-state index in [1.54, 1.807) is 25.6 Å². The Balaban J connectivity index is 1.90. The van der Waals surface area contributed by atoms with E-state index in [9.17, 15) is 0 Å². The minimum atomic E-state index is 0.0733. The van der Waals surface area contributed by atoms with Crippen LogP contribution < -0.4 is 4.67 Å². The number of methoxy groups -OCH3 is 2. The Morgan fingerprint density at radius 2 is 1.73 bits per heavy atom. The minimum absolute atomic E-state index is 0.0733. The highest BCUT2D eigenvalue weighted by molar-refractivity contribution is 7.07. The largest absolute Gasteiger partial charge is 0.384 e. The van der Waals surface area contributed by atoms with Crippen LogP contribution in [0.5, 0.6) is 0 Å². The summed E-state index contributed by atoms with van der Waals surface area (Å²) in [4.78, 5) is 4.71. The van der Waals surface area contributed by atoms with Crippen molar-refractivity contribution >= 4 is 17.0 Å². The summed E-state index contributed by atoms with van der Waals surface area (Å²) in [6, 6.07) is 12.3. The first-order chi connectivity index (χ1) is 10.7. The zero-order valence-corrected chi connectivity index (χ0v) is 13.9. The molecule has 0 saturated heterocycles. The number of benzene rings is 1. The molecule has 3 rings (SSSR count). The van der Waals surface area contributed by atoms with Gasteiger partial charge in [-0.2, -0.15) is 0 Å². The molecule has 2 aromatic rings. The van der Waals surface area contributed by atoms with Crippen molar-refractivity contribution in [2.75, 3.05) is 27.4 Å². The normalized spacial score (nSPS) is 16.7. The van der Waals surface area contributed by atoms with Crippen LogP contribution in [0.3, 0.4) is 0 Å². The molecule has 22 heavy (non-hydrogen) atoms. The molecule has 0 saturated carbocycles. The van der Waals surface area contributed by atoms with Crippen LogP contribution in [0.15, 0.2) is 46.8 Å². The van der Waals surface area contributed by atoms with Gasteiger partial charge in [0.15, 0.2) is 0 Å². The van der Waals surface area contributed by atoms with Gasteiger partial charge in [0.25, 0.3) is 0 Å².